The number of β-lactam (4-membered cyclic amide) rings is 1. The molecule has 4 N–H and O–H groups in total. The molecular formula is C23H22N8O5S3. The SMILES string of the molecule is Nc1nc(/C(=N/OC2CCCC2)C(=O)N[C@@H]2C(=O)N3C(C(=O)O)=C(C=Cc4csc5cncn45)CS[C@H]23)ns1. The van der Waals surface area contributed by atoms with Crippen LogP contribution in [-0.2, 0) is 19.2 Å². The molecule has 2 amide bonds. The van der Waals surface area contributed by atoms with E-state index in [-0.39, 0.29) is 28.5 Å². The number of allylic oxidation sites excluding steroid dienone is 1. The van der Waals surface area contributed by atoms with E-state index in [4.69, 9.17) is 10.6 Å². The fourth-order valence-electron chi connectivity index (χ4n) is 4.66. The van der Waals surface area contributed by atoms with Crippen LogP contribution in [0.25, 0.3) is 10.9 Å². The summed E-state index contributed by atoms with van der Waals surface area (Å²) in [5, 5.41) is 18.2. The van der Waals surface area contributed by atoms with Crippen molar-refractivity contribution < 1.29 is 24.3 Å². The number of amides is 2. The highest BCUT2D eigenvalue weighted by Crippen LogP contribution is 2.41. The predicted molar refractivity (Wildman–Crippen MR) is 146 cm³/mol. The molecule has 0 radical (unpaired) electrons. The molecule has 0 aromatic carbocycles. The minimum absolute atomic E-state index is 0.00639. The summed E-state index contributed by atoms with van der Waals surface area (Å²) in [5.74, 6) is -2.10. The molecule has 0 bridgehead atoms. The van der Waals surface area contributed by atoms with E-state index < -0.39 is 29.2 Å². The lowest BCUT2D eigenvalue weighted by Gasteiger charge is -2.49. The second-order valence-corrected chi connectivity index (χ2v) is 11.8. The van der Waals surface area contributed by atoms with Crippen molar-refractivity contribution >= 4 is 74.2 Å². The monoisotopic (exact) mass is 586 g/mol. The molecule has 13 nitrogen and oxygen atoms in total. The Labute approximate surface area is 233 Å². The van der Waals surface area contributed by atoms with E-state index in [1.807, 2.05) is 9.78 Å². The molecule has 6 rings (SSSR count). The van der Waals surface area contributed by atoms with Crippen molar-refractivity contribution in [1.29, 1.82) is 0 Å². The predicted octanol–water partition coefficient (Wildman–Crippen LogP) is 1.94. The highest BCUT2D eigenvalue weighted by molar-refractivity contribution is 8.00. The number of thiazole rings is 1. The number of carbonyl (C=O) groups excluding carboxylic acids is 2. The fraction of sp³-hybridized carbons (Fsp3) is 0.348. The van der Waals surface area contributed by atoms with Gasteiger partial charge in [0.05, 0.1) is 11.9 Å². The largest absolute Gasteiger partial charge is 0.477 e. The summed E-state index contributed by atoms with van der Waals surface area (Å²) in [6.45, 7) is 0. The summed E-state index contributed by atoms with van der Waals surface area (Å²) in [7, 11) is 0. The lowest BCUT2D eigenvalue weighted by Crippen LogP contribution is -2.71. The van der Waals surface area contributed by atoms with Crippen molar-refractivity contribution in [3.8, 4) is 0 Å². The average molecular weight is 587 g/mol. The number of nitrogen functional groups attached to an aromatic ring is 1. The van der Waals surface area contributed by atoms with E-state index in [9.17, 15) is 19.5 Å². The van der Waals surface area contributed by atoms with Crippen molar-refractivity contribution in [3.63, 3.8) is 0 Å². The van der Waals surface area contributed by atoms with Crippen LogP contribution in [0, 0.1) is 0 Å². The van der Waals surface area contributed by atoms with Crippen molar-refractivity contribution in [2.75, 3.05) is 11.5 Å². The Balaban J connectivity index is 1.20. The fourth-order valence-corrected chi connectivity index (χ4v) is 7.24. The molecule has 3 aromatic rings. The van der Waals surface area contributed by atoms with Crippen LogP contribution in [0.1, 0.15) is 37.2 Å². The highest BCUT2D eigenvalue weighted by atomic mass is 32.2. The third kappa shape index (κ3) is 4.79. The number of anilines is 1. The molecule has 2 aliphatic heterocycles. The number of aliphatic carboxylic acids is 1. The number of carboxylic acids is 1. The first-order valence-corrected chi connectivity index (χ1v) is 14.7. The summed E-state index contributed by atoms with van der Waals surface area (Å²) >= 11 is 3.80. The van der Waals surface area contributed by atoms with Gasteiger partial charge in [-0.15, -0.1) is 23.1 Å². The van der Waals surface area contributed by atoms with Gasteiger partial charge in [-0.2, -0.15) is 9.36 Å². The van der Waals surface area contributed by atoms with E-state index in [0.29, 0.717) is 11.3 Å². The van der Waals surface area contributed by atoms with E-state index in [1.54, 1.807) is 24.7 Å². The Kier molecular flexibility index (Phi) is 6.82. The minimum atomic E-state index is -1.22. The zero-order valence-corrected chi connectivity index (χ0v) is 22.7. The standard InChI is InChI=1S/C23H22N8O5S3/c24-23-27-18(29-39-23)15(28-36-13-3-1-2-4-13)19(32)26-16-20(33)31-17(22(34)35)11(8-38-21(16)31)5-6-12-9-37-14-7-25-10-30(12)14/h5-7,9-10,13,16,21H,1-4,8H2,(H,26,32)(H,34,35)(H2,24,27,29)/b6-5?,28-15-/t16-,21-/m1/s1. The Morgan fingerprint density at radius 2 is 2.10 bits per heavy atom. The van der Waals surface area contributed by atoms with Gasteiger partial charge >= 0.3 is 5.97 Å². The van der Waals surface area contributed by atoms with Gasteiger partial charge in [-0.05, 0) is 37.3 Å². The van der Waals surface area contributed by atoms with Gasteiger partial charge < -0.3 is 21.0 Å². The van der Waals surface area contributed by atoms with Gasteiger partial charge in [-0.1, -0.05) is 11.2 Å². The van der Waals surface area contributed by atoms with Crippen LogP contribution < -0.4 is 11.1 Å². The van der Waals surface area contributed by atoms with Crippen LogP contribution in [0.5, 0.6) is 0 Å². The number of oxime groups is 1. The van der Waals surface area contributed by atoms with Gasteiger partial charge in [0.2, 0.25) is 11.5 Å². The Bertz CT molecular complexity index is 1550. The lowest BCUT2D eigenvalue weighted by molar-refractivity contribution is -0.150. The third-order valence-electron chi connectivity index (χ3n) is 6.59. The van der Waals surface area contributed by atoms with E-state index in [2.05, 4.69) is 24.8 Å². The zero-order chi connectivity index (χ0) is 27.1. The Hall–Kier alpha value is -3.76. The number of nitrogens with two attached hydrogens (primary N) is 1. The molecular weight excluding hydrogens is 565 g/mol. The maximum atomic E-state index is 13.2. The first-order chi connectivity index (χ1) is 18.9. The third-order valence-corrected chi connectivity index (χ3v) is 9.34. The molecule has 16 heteroatoms. The number of thioether (sulfide) groups is 1. The zero-order valence-electron chi connectivity index (χ0n) is 20.2. The maximum Gasteiger partial charge on any atom is 0.352 e. The van der Waals surface area contributed by atoms with E-state index >= 15 is 0 Å². The molecule has 2 atom stereocenters. The van der Waals surface area contributed by atoms with Crippen LogP contribution >= 0.6 is 34.6 Å². The average Bonchev–Trinajstić information content (AvgIpc) is 3.72. The molecule has 0 unspecified atom stereocenters. The van der Waals surface area contributed by atoms with Crippen molar-refractivity contribution in [1.82, 2.24) is 29.0 Å². The van der Waals surface area contributed by atoms with Gasteiger partial charge in [-0.3, -0.25) is 18.9 Å². The van der Waals surface area contributed by atoms with Gasteiger partial charge in [-0.25, -0.2) is 9.78 Å². The van der Waals surface area contributed by atoms with E-state index in [1.165, 1.54) is 28.0 Å². The van der Waals surface area contributed by atoms with Gasteiger partial charge in [0.15, 0.2) is 5.13 Å². The van der Waals surface area contributed by atoms with Crippen LogP contribution in [0.3, 0.4) is 0 Å². The normalized spacial score (nSPS) is 22.0. The van der Waals surface area contributed by atoms with Crippen molar-refractivity contribution in [3.05, 3.63) is 46.8 Å². The molecule has 1 aliphatic carbocycles. The number of nitrogens with one attached hydrogen (secondary N) is 1. The molecule has 0 spiro atoms. The van der Waals surface area contributed by atoms with E-state index in [0.717, 1.165) is 47.7 Å². The van der Waals surface area contributed by atoms with Crippen molar-refractivity contribution in [2.24, 2.45) is 5.16 Å². The number of hydrogen-bond donors (Lipinski definition) is 3. The molecule has 1 saturated heterocycles. The number of nitrogens with zero attached hydrogens (tertiary/aromatic N) is 6. The highest BCUT2D eigenvalue weighted by Gasteiger charge is 2.54. The summed E-state index contributed by atoms with van der Waals surface area (Å²) in [4.78, 5) is 54.5. The number of fused-ring (bicyclic) bond motifs is 2. The number of aromatic nitrogens is 4. The first-order valence-electron chi connectivity index (χ1n) is 12.0. The van der Waals surface area contributed by atoms with Gasteiger partial charge in [0.1, 0.15) is 34.4 Å². The molecule has 3 aromatic heterocycles. The molecule has 202 valence electrons. The van der Waals surface area contributed by atoms with Crippen molar-refractivity contribution in [2.45, 2.75) is 43.2 Å². The van der Waals surface area contributed by atoms with Gasteiger partial charge in [0, 0.05) is 22.7 Å². The van der Waals surface area contributed by atoms with Gasteiger partial charge in [0.25, 0.3) is 11.8 Å². The second-order valence-electron chi connectivity index (χ2n) is 9.04. The summed E-state index contributed by atoms with van der Waals surface area (Å²) in [5.41, 5.74) is 6.76. The number of imidazole rings is 1. The van der Waals surface area contributed by atoms with Crippen LogP contribution in [0.15, 0.2) is 40.4 Å². The number of carboxylic acid groups (broad SMARTS) is 1. The summed E-state index contributed by atoms with van der Waals surface area (Å²) < 4.78 is 5.96. The van der Waals surface area contributed by atoms with Crippen LogP contribution in [-0.4, -0.2) is 75.5 Å². The quantitative estimate of drug-likeness (QED) is 0.201. The maximum absolute atomic E-state index is 13.2. The van der Waals surface area contributed by atoms with Crippen LogP contribution in [0.4, 0.5) is 5.13 Å². The Morgan fingerprint density at radius 3 is 2.85 bits per heavy atom. The summed E-state index contributed by atoms with van der Waals surface area (Å²) in [6.07, 6.45) is 10.5. The molecule has 2 fully saturated rings. The lowest BCUT2D eigenvalue weighted by atomic mass is 10.0. The summed E-state index contributed by atoms with van der Waals surface area (Å²) in [6, 6.07) is -0.947. The molecule has 3 aliphatic rings. The molecule has 1 saturated carbocycles. The topological polar surface area (TPSA) is 177 Å². The Morgan fingerprint density at radius 1 is 1.28 bits per heavy atom. The van der Waals surface area contributed by atoms with Crippen LogP contribution in [0.2, 0.25) is 0 Å². The number of rotatable bonds is 8. The number of hydrogen-bond acceptors (Lipinski definition) is 12. The molecule has 5 heterocycles. The first kappa shape index (κ1) is 25.5. The second kappa shape index (κ2) is 10.4. The number of carbonyl (C=O) groups is 3. The smallest absolute Gasteiger partial charge is 0.352 e. The minimum Gasteiger partial charge on any atom is -0.477 e. The molecule has 39 heavy (non-hydrogen) atoms.